The molecule has 0 saturated carbocycles. The molecule has 1 amide bonds. The topological polar surface area (TPSA) is 49.6 Å². The van der Waals surface area contributed by atoms with Crippen molar-refractivity contribution in [3.05, 3.63) is 28.5 Å². The number of hydrogen-bond donors (Lipinski definition) is 1. The van der Waals surface area contributed by atoms with Gasteiger partial charge in [-0.15, -0.1) is 11.3 Å². The van der Waals surface area contributed by atoms with Crippen molar-refractivity contribution in [1.82, 2.24) is 19.6 Å². The Balaban J connectivity index is 1.55. The van der Waals surface area contributed by atoms with Gasteiger partial charge in [-0.25, -0.2) is 4.98 Å². The Kier molecular flexibility index (Phi) is 5.35. The summed E-state index contributed by atoms with van der Waals surface area (Å²) in [5.74, 6) is -0.0693. The van der Waals surface area contributed by atoms with Gasteiger partial charge in [-0.05, 0) is 31.9 Å². The number of aromatic nitrogens is 2. The molecule has 0 aliphatic carbocycles. The van der Waals surface area contributed by atoms with Crippen molar-refractivity contribution in [2.24, 2.45) is 0 Å². The predicted octanol–water partition coefficient (Wildman–Crippen LogP) is 3.05. The number of nitrogens with zero attached hydrogens (tertiary/aromatic N) is 3. The lowest BCUT2D eigenvalue weighted by Crippen LogP contribution is -2.44. The summed E-state index contributed by atoms with van der Waals surface area (Å²) in [6.45, 7) is 5.47. The minimum Gasteiger partial charge on any atom is -0.350 e. The first-order valence-corrected chi connectivity index (χ1v) is 9.25. The van der Waals surface area contributed by atoms with Crippen molar-refractivity contribution >= 4 is 39.9 Å². The van der Waals surface area contributed by atoms with Gasteiger partial charge in [0, 0.05) is 36.8 Å². The molecule has 124 valence electrons. The number of halogens is 1. The van der Waals surface area contributed by atoms with E-state index in [2.05, 4.69) is 22.1 Å². The average Bonchev–Trinajstić information content (AvgIpc) is 3.08. The second-order valence-corrected chi connectivity index (χ2v) is 7.03. The molecule has 1 aliphatic heterocycles. The zero-order valence-corrected chi connectivity index (χ0v) is 14.7. The van der Waals surface area contributed by atoms with Gasteiger partial charge in [0.25, 0.3) is 0 Å². The van der Waals surface area contributed by atoms with E-state index in [1.807, 2.05) is 16.0 Å². The van der Waals surface area contributed by atoms with Crippen molar-refractivity contribution < 1.29 is 4.79 Å². The number of imidazole rings is 1. The summed E-state index contributed by atoms with van der Waals surface area (Å²) in [4.78, 5) is 19.7. The van der Waals surface area contributed by atoms with E-state index in [9.17, 15) is 4.79 Å². The van der Waals surface area contributed by atoms with Gasteiger partial charge in [-0.1, -0.05) is 18.5 Å². The fourth-order valence-electron chi connectivity index (χ4n) is 2.95. The van der Waals surface area contributed by atoms with Crippen molar-refractivity contribution in [3.63, 3.8) is 0 Å². The minimum atomic E-state index is -0.0693. The molecule has 0 bridgehead atoms. The monoisotopic (exact) mass is 352 g/mol. The molecule has 1 N–H and O–H groups in total. The van der Waals surface area contributed by atoms with Crippen LogP contribution in [0.25, 0.3) is 11.0 Å². The molecule has 1 saturated heterocycles. The van der Waals surface area contributed by atoms with Crippen LogP contribution in [0.3, 0.4) is 0 Å². The van der Waals surface area contributed by atoms with Crippen LogP contribution in [0.2, 0.25) is 5.15 Å². The maximum Gasteiger partial charge on any atom is 0.244 e. The number of nitrogens with one attached hydrogen (secondary N) is 1. The molecule has 0 spiro atoms. The molecule has 7 heteroatoms. The third-order valence-corrected chi connectivity index (χ3v) is 5.16. The van der Waals surface area contributed by atoms with E-state index in [0.717, 1.165) is 43.1 Å². The fourth-order valence-corrected chi connectivity index (χ4v) is 3.95. The van der Waals surface area contributed by atoms with Crippen LogP contribution in [0.5, 0.6) is 0 Å². The summed E-state index contributed by atoms with van der Waals surface area (Å²) >= 11 is 7.63. The van der Waals surface area contributed by atoms with Crippen molar-refractivity contribution in [2.75, 3.05) is 19.6 Å². The van der Waals surface area contributed by atoms with Crippen LogP contribution < -0.4 is 5.32 Å². The number of carbonyl (C=O) groups is 1. The third-order valence-electron chi connectivity index (χ3n) is 4.12. The zero-order valence-electron chi connectivity index (χ0n) is 13.2. The Morgan fingerprint density at radius 2 is 2.30 bits per heavy atom. The summed E-state index contributed by atoms with van der Waals surface area (Å²) in [6, 6.07) is 0.266. The Hall–Kier alpha value is -1.37. The maximum atomic E-state index is 12.1. The molecule has 23 heavy (non-hydrogen) atoms. The van der Waals surface area contributed by atoms with Crippen LogP contribution in [0.1, 0.15) is 31.9 Å². The number of amides is 1. The highest BCUT2D eigenvalue weighted by Crippen LogP contribution is 2.22. The zero-order chi connectivity index (χ0) is 16.2. The SMILES string of the molecule is CCCN1CCC(NC(=O)/C=C/c2c(Cl)nc3sccn23)CC1. The number of hydrogen-bond acceptors (Lipinski definition) is 4. The van der Waals surface area contributed by atoms with Crippen LogP contribution >= 0.6 is 22.9 Å². The standard InChI is InChI=1S/C16H21ClN4OS/c1-2-7-20-8-5-12(6-9-20)18-14(22)4-3-13-15(17)19-16-21(13)10-11-23-16/h3-4,10-12H,2,5-9H2,1H3,(H,18,22)/b4-3+. The highest BCUT2D eigenvalue weighted by molar-refractivity contribution is 7.15. The lowest BCUT2D eigenvalue weighted by Gasteiger charge is -2.31. The quantitative estimate of drug-likeness (QED) is 0.841. The van der Waals surface area contributed by atoms with E-state index in [-0.39, 0.29) is 11.9 Å². The Bertz CT molecular complexity index is 700. The molecule has 5 nitrogen and oxygen atoms in total. The predicted molar refractivity (Wildman–Crippen MR) is 95.0 cm³/mol. The molecular formula is C16H21ClN4OS. The molecule has 0 unspecified atom stereocenters. The van der Waals surface area contributed by atoms with Gasteiger partial charge in [0.05, 0.1) is 5.69 Å². The van der Waals surface area contributed by atoms with Crippen molar-refractivity contribution in [3.8, 4) is 0 Å². The largest absolute Gasteiger partial charge is 0.350 e. The molecule has 1 fully saturated rings. The smallest absolute Gasteiger partial charge is 0.244 e. The van der Waals surface area contributed by atoms with Crippen LogP contribution in [0.15, 0.2) is 17.7 Å². The lowest BCUT2D eigenvalue weighted by atomic mass is 10.0. The second-order valence-electron chi connectivity index (χ2n) is 5.80. The normalized spacial score (nSPS) is 17.3. The summed E-state index contributed by atoms with van der Waals surface area (Å²) in [7, 11) is 0. The number of fused-ring (bicyclic) bond motifs is 1. The van der Waals surface area contributed by atoms with Crippen molar-refractivity contribution in [2.45, 2.75) is 32.2 Å². The molecule has 3 heterocycles. The number of thiazole rings is 1. The number of likely N-dealkylation sites (tertiary alicyclic amines) is 1. The van der Waals surface area contributed by atoms with Gasteiger partial charge in [0.2, 0.25) is 5.91 Å². The van der Waals surface area contributed by atoms with Gasteiger partial charge in [0.1, 0.15) is 0 Å². The van der Waals surface area contributed by atoms with E-state index >= 15 is 0 Å². The van der Waals surface area contributed by atoms with Gasteiger partial charge < -0.3 is 10.2 Å². The highest BCUT2D eigenvalue weighted by Gasteiger charge is 2.19. The summed E-state index contributed by atoms with van der Waals surface area (Å²) in [5, 5.41) is 5.45. The average molecular weight is 353 g/mol. The third kappa shape index (κ3) is 3.94. The first-order valence-electron chi connectivity index (χ1n) is 7.99. The highest BCUT2D eigenvalue weighted by atomic mass is 35.5. The molecular weight excluding hydrogens is 332 g/mol. The van der Waals surface area contributed by atoms with Crippen LogP contribution in [-0.4, -0.2) is 45.9 Å². The van der Waals surface area contributed by atoms with E-state index in [0.29, 0.717) is 5.15 Å². The lowest BCUT2D eigenvalue weighted by molar-refractivity contribution is -0.117. The number of carbonyl (C=O) groups excluding carboxylic acids is 1. The van der Waals surface area contributed by atoms with E-state index < -0.39 is 0 Å². The summed E-state index contributed by atoms with van der Waals surface area (Å²) in [5.41, 5.74) is 0.746. The minimum absolute atomic E-state index is 0.0693. The number of piperidine rings is 1. The summed E-state index contributed by atoms with van der Waals surface area (Å²) in [6.07, 6.45) is 8.40. The van der Waals surface area contributed by atoms with Crippen LogP contribution in [0, 0.1) is 0 Å². The summed E-state index contributed by atoms with van der Waals surface area (Å²) < 4.78 is 1.89. The Labute approximate surface area is 145 Å². The van der Waals surface area contributed by atoms with Gasteiger partial charge in [0.15, 0.2) is 10.1 Å². The Morgan fingerprint density at radius 3 is 3.04 bits per heavy atom. The van der Waals surface area contributed by atoms with Crippen molar-refractivity contribution in [1.29, 1.82) is 0 Å². The van der Waals surface area contributed by atoms with E-state index in [1.54, 1.807) is 12.2 Å². The van der Waals surface area contributed by atoms with E-state index in [4.69, 9.17) is 11.6 Å². The fraction of sp³-hybridized carbons (Fsp3) is 0.500. The van der Waals surface area contributed by atoms with E-state index in [1.165, 1.54) is 17.8 Å². The van der Waals surface area contributed by atoms with Gasteiger partial charge in [-0.3, -0.25) is 9.20 Å². The number of rotatable bonds is 5. The first kappa shape index (κ1) is 16.5. The molecule has 0 radical (unpaired) electrons. The van der Waals surface area contributed by atoms with Crippen LogP contribution in [-0.2, 0) is 4.79 Å². The molecule has 2 aromatic heterocycles. The molecule has 2 aromatic rings. The Morgan fingerprint density at radius 1 is 1.52 bits per heavy atom. The van der Waals surface area contributed by atoms with Gasteiger partial charge in [-0.2, -0.15) is 0 Å². The van der Waals surface area contributed by atoms with Crippen LogP contribution in [0.4, 0.5) is 0 Å². The second kappa shape index (κ2) is 7.47. The first-order chi connectivity index (χ1) is 11.2. The molecule has 1 aliphatic rings. The molecule has 3 rings (SSSR count). The van der Waals surface area contributed by atoms with Gasteiger partial charge >= 0.3 is 0 Å². The molecule has 0 atom stereocenters. The molecule has 0 aromatic carbocycles. The maximum absolute atomic E-state index is 12.1.